The molecule has 0 spiro atoms. The van der Waals surface area contributed by atoms with Crippen molar-refractivity contribution in [3.05, 3.63) is 52.4 Å². The highest BCUT2D eigenvalue weighted by molar-refractivity contribution is 6.45. The molecular weight excluding hydrogens is 400 g/mol. The number of amides is 1. The molecule has 29 heavy (non-hydrogen) atoms. The molecule has 3 rings (SSSR count). The van der Waals surface area contributed by atoms with Crippen molar-refractivity contribution >= 4 is 40.3 Å². The van der Waals surface area contributed by atoms with Gasteiger partial charge in [0.15, 0.2) is 0 Å². The number of hydrogen-bond donors (Lipinski definition) is 1. The van der Waals surface area contributed by atoms with Gasteiger partial charge < -0.3 is 10.3 Å². The molecule has 0 aliphatic carbocycles. The van der Waals surface area contributed by atoms with E-state index in [4.69, 9.17) is 22.2 Å². The second-order valence-corrected chi connectivity index (χ2v) is 6.56. The summed E-state index contributed by atoms with van der Waals surface area (Å²) < 4.78 is 1.75. The Morgan fingerprint density at radius 2 is 2.00 bits per heavy atom. The summed E-state index contributed by atoms with van der Waals surface area (Å²) >= 11 is 6.08. The zero-order valence-electron chi connectivity index (χ0n) is 15.6. The highest BCUT2D eigenvalue weighted by Crippen LogP contribution is 2.33. The van der Waals surface area contributed by atoms with Gasteiger partial charge in [0.05, 0.1) is 10.9 Å². The summed E-state index contributed by atoms with van der Waals surface area (Å²) in [7, 11) is 0. The van der Waals surface area contributed by atoms with Gasteiger partial charge >= 0.3 is 5.97 Å². The van der Waals surface area contributed by atoms with Gasteiger partial charge in [0, 0.05) is 24.2 Å². The molecule has 9 nitrogen and oxygen atoms in total. The van der Waals surface area contributed by atoms with Crippen molar-refractivity contribution in [1.29, 1.82) is 0 Å². The lowest BCUT2D eigenvalue weighted by molar-refractivity contribution is -0.211. The first-order valence-electron chi connectivity index (χ1n) is 8.63. The third kappa shape index (κ3) is 4.04. The second kappa shape index (κ2) is 8.27. The molecule has 3 aromatic rings. The molecule has 0 aliphatic heterocycles. The first kappa shape index (κ1) is 20.3. The van der Waals surface area contributed by atoms with E-state index in [1.165, 1.54) is 6.33 Å². The van der Waals surface area contributed by atoms with E-state index < -0.39 is 17.7 Å². The van der Waals surface area contributed by atoms with Crippen molar-refractivity contribution in [1.82, 2.24) is 14.5 Å². The molecule has 0 atom stereocenters. The first-order chi connectivity index (χ1) is 13.8. The molecule has 1 aromatic carbocycles. The number of fused-ring (bicyclic) bond motifs is 1. The van der Waals surface area contributed by atoms with Gasteiger partial charge in [-0.25, -0.2) is 14.7 Å². The number of ketones is 1. The summed E-state index contributed by atoms with van der Waals surface area (Å²) in [5.41, 5.74) is 6.95. The molecule has 2 aromatic heterocycles. The monoisotopic (exact) mass is 416 g/mol. The molecule has 0 radical (unpaired) electrons. The Bertz CT molecular complexity index is 1130. The fourth-order valence-corrected chi connectivity index (χ4v) is 3.29. The van der Waals surface area contributed by atoms with E-state index in [-0.39, 0.29) is 16.8 Å². The predicted octanol–water partition coefficient (Wildman–Crippen LogP) is 2.22. The van der Waals surface area contributed by atoms with E-state index in [0.717, 1.165) is 12.5 Å². The molecule has 10 heteroatoms. The van der Waals surface area contributed by atoms with Crippen LogP contribution in [0.2, 0.25) is 5.02 Å². The maximum absolute atomic E-state index is 12.6. The van der Waals surface area contributed by atoms with Crippen LogP contribution in [0.1, 0.15) is 35.5 Å². The van der Waals surface area contributed by atoms with Gasteiger partial charge in [-0.3, -0.25) is 14.5 Å². The van der Waals surface area contributed by atoms with Gasteiger partial charge in [-0.05, 0) is 24.1 Å². The van der Waals surface area contributed by atoms with Crippen LogP contribution in [0, 0.1) is 0 Å². The molecule has 0 fully saturated rings. The smallest absolute Gasteiger partial charge is 0.352 e. The second-order valence-electron chi connectivity index (χ2n) is 6.12. The standard InChI is InChI=1S/C19H17ClN4O5/c1-3-13-14(16(26)17(21)27)15-18(22-9-23-19(15)29-28-10(2)25)24(13)8-11-5-4-6-12(20)7-11/h4-7,9H,3,8H2,1-2H3,(H2,21,27). The van der Waals surface area contributed by atoms with E-state index >= 15 is 0 Å². The van der Waals surface area contributed by atoms with Crippen molar-refractivity contribution in [3.63, 3.8) is 0 Å². The highest BCUT2D eigenvalue weighted by atomic mass is 35.5. The zero-order valence-corrected chi connectivity index (χ0v) is 16.4. The van der Waals surface area contributed by atoms with Crippen molar-refractivity contribution in [3.8, 4) is 5.88 Å². The van der Waals surface area contributed by atoms with Crippen molar-refractivity contribution in [2.24, 2.45) is 5.73 Å². The number of rotatable bonds is 7. The van der Waals surface area contributed by atoms with Gasteiger partial charge in [0.1, 0.15) is 12.0 Å². The van der Waals surface area contributed by atoms with E-state index in [1.807, 2.05) is 13.0 Å². The molecular formula is C19H17ClN4O5. The summed E-state index contributed by atoms with van der Waals surface area (Å²) in [5, 5.41) is 0.690. The minimum absolute atomic E-state index is 0.0137. The summed E-state index contributed by atoms with van der Waals surface area (Å²) in [6.07, 6.45) is 1.59. The number of halogens is 1. The quantitative estimate of drug-likeness (QED) is 0.271. The molecule has 150 valence electrons. The van der Waals surface area contributed by atoms with E-state index in [2.05, 4.69) is 14.9 Å². The molecule has 2 N–H and O–H groups in total. The fraction of sp³-hybridized carbons (Fsp3) is 0.211. The van der Waals surface area contributed by atoms with Gasteiger partial charge in [0.2, 0.25) is 0 Å². The number of nitrogens with two attached hydrogens (primary N) is 1. The van der Waals surface area contributed by atoms with Crippen molar-refractivity contribution in [2.45, 2.75) is 26.8 Å². The summed E-state index contributed by atoms with van der Waals surface area (Å²) in [4.78, 5) is 53.2. The van der Waals surface area contributed by atoms with Crippen molar-refractivity contribution < 1.29 is 24.2 Å². The zero-order chi connectivity index (χ0) is 21.1. The molecule has 1 amide bonds. The minimum atomic E-state index is -1.14. The minimum Gasteiger partial charge on any atom is -0.363 e. The number of benzene rings is 1. The van der Waals surface area contributed by atoms with Crippen molar-refractivity contribution in [2.75, 3.05) is 0 Å². The van der Waals surface area contributed by atoms with Crippen LogP contribution in [0.25, 0.3) is 11.0 Å². The first-order valence-corrected chi connectivity index (χ1v) is 9.01. The average molecular weight is 417 g/mol. The number of Topliss-reactive ketones (excluding diaryl/α,β-unsaturated/α-hetero) is 1. The topological polar surface area (TPSA) is 126 Å². The largest absolute Gasteiger partial charge is 0.363 e. The number of carbonyl (C=O) groups is 3. The Kier molecular flexibility index (Phi) is 5.79. The van der Waals surface area contributed by atoms with E-state index in [0.29, 0.717) is 29.3 Å². The molecule has 0 aliphatic rings. The van der Waals surface area contributed by atoms with Crippen LogP contribution in [0.5, 0.6) is 5.88 Å². The van der Waals surface area contributed by atoms with Crippen LogP contribution in [0.3, 0.4) is 0 Å². The van der Waals surface area contributed by atoms with Gasteiger partial charge in [-0.1, -0.05) is 30.7 Å². The molecule has 0 unspecified atom stereocenters. The van der Waals surface area contributed by atoms with Crippen LogP contribution in [-0.4, -0.2) is 32.2 Å². The molecule has 0 saturated heterocycles. The fourth-order valence-electron chi connectivity index (χ4n) is 3.08. The summed E-state index contributed by atoms with van der Waals surface area (Å²) in [6.45, 7) is 3.28. The van der Waals surface area contributed by atoms with Crippen LogP contribution >= 0.6 is 11.6 Å². The number of carbonyl (C=O) groups excluding carboxylic acids is 3. The Labute approximate surface area is 170 Å². The van der Waals surface area contributed by atoms with Gasteiger partial charge in [-0.15, -0.1) is 0 Å². The Morgan fingerprint density at radius 3 is 2.62 bits per heavy atom. The summed E-state index contributed by atoms with van der Waals surface area (Å²) in [5.74, 6) is -2.94. The number of nitrogens with zero attached hydrogens (tertiary/aromatic N) is 3. The Morgan fingerprint density at radius 1 is 1.24 bits per heavy atom. The molecule has 0 saturated carbocycles. The predicted molar refractivity (Wildman–Crippen MR) is 103 cm³/mol. The van der Waals surface area contributed by atoms with Crippen LogP contribution in [-0.2, 0) is 27.4 Å². The summed E-state index contributed by atoms with van der Waals surface area (Å²) in [6, 6.07) is 7.19. The third-order valence-corrected chi connectivity index (χ3v) is 4.40. The Hall–Kier alpha value is -3.46. The van der Waals surface area contributed by atoms with Crippen LogP contribution in [0.4, 0.5) is 0 Å². The number of aromatic nitrogens is 3. The molecule has 2 heterocycles. The van der Waals surface area contributed by atoms with E-state index in [1.54, 1.807) is 22.8 Å². The third-order valence-electron chi connectivity index (χ3n) is 4.17. The Balaban J connectivity index is 2.27. The van der Waals surface area contributed by atoms with E-state index in [9.17, 15) is 14.4 Å². The normalized spacial score (nSPS) is 10.7. The van der Waals surface area contributed by atoms with Gasteiger partial charge in [0.25, 0.3) is 17.6 Å². The molecule has 0 bridgehead atoms. The lowest BCUT2D eigenvalue weighted by Crippen LogP contribution is -2.24. The highest BCUT2D eigenvalue weighted by Gasteiger charge is 2.29. The lowest BCUT2D eigenvalue weighted by atomic mass is 10.1. The average Bonchev–Trinajstić information content (AvgIpc) is 2.99. The van der Waals surface area contributed by atoms with Gasteiger partial charge in [-0.2, -0.15) is 4.98 Å². The van der Waals surface area contributed by atoms with Crippen LogP contribution < -0.4 is 10.6 Å². The lowest BCUT2D eigenvalue weighted by Gasteiger charge is -2.10. The maximum atomic E-state index is 12.6. The van der Waals surface area contributed by atoms with Crippen LogP contribution in [0.15, 0.2) is 30.6 Å². The SMILES string of the molecule is CCc1c(C(=O)C(N)=O)c2c(OOC(C)=O)ncnc2n1Cc1cccc(Cl)c1. The number of hydrogen-bond acceptors (Lipinski definition) is 7. The number of primary amides is 1. The maximum Gasteiger partial charge on any atom is 0.352 e.